The van der Waals surface area contributed by atoms with Gasteiger partial charge in [0.2, 0.25) is 5.91 Å². The second-order valence-electron chi connectivity index (χ2n) is 6.35. The normalized spacial score (nSPS) is 15.2. The largest absolute Gasteiger partial charge is 0.342 e. The molecule has 0 saturated heterocycles. The monoisotopic (exact) mass is 323 g/mol. The minimum atomic E-state index is -0.00444. The number of para-hydroxylation sites is 2. The minimum Gasteiger partial charge on any atom is -0.342 e. The third kappa shape index (κ3) is 3.04. The number of aromatic amines is 1. The van der Waals surface area contributed by atoms with E-state index in [2.05, 4.69) is 20.4 Å². The van der Waals surface area contributed by atoms with E-state index in [1.165, 1.54) is 12.8 Å². The van der Waals surface area contributed by atoms with Crippen molar-refractivity contribution in [2.75, 3.05) is 5.32 Å². The zero-order valence-electron chi connectivity index (χ0n) is 13.5. The molecule has 2 N–H and O–H groups in total. The lowest BCUT2D eigenvalue weighted by molar-refractivity contribution is -0.116. The number of H-pyrrole nitrogens is 1. The molecule has 4 rings (SSSR count). The fourth-order valence-electron chi connectivity index (χ4n) is 3.41. The van der Waals surface area contributed by atoms with Crippen molar-refractivity contribution >= 4 is 22.8 Å². The van der Waals surface area contributed by atoms with Crippen molar-refractivity contribution in [2.24, 2.45) is 0 Å². The number of aryl methyl sites for hydroxylation is 1. The Morgan fingerprint density at radius 2 is 2.08 bits per heavy atom. The van der Waals surface area contributed by atoms with Gasteiger partial charge in [0.25, 0.3) is 0 Å². The molecule has 1 amide bonds. The summed E-state index contributed by atoms with van der Waals surface area (Å²) in [5, 5.41) is 7.37. The van der Waals surface area contributed by atoms with E-state index in [1.807, 2.05) is 35.0 Å². The van der Waals surface area contributed by atoms with Crippen LogP contribution in [-0.4, -0.2) is 25.7 Å². The van der Waals surface area contributed by atoms with Gasteiger partial charge in [-0.2, -0.15) is 5.10 Å². The lowest BCUT2D eigenvalue weighted by atomic mass is 10.2. The fourth-order valence-corrected chi connectivity index (χ4v) is 3.41. The van der Waals surface area contributed by atoms with Crippen molar-refractivity contribution < 1.29 is 4.79 Å². The molecule has 24 heavy (non-hydrogen) atoms. The van der Waals surface area contributed by atoms with Crippen molar-refractivity contribution in [3.63, 3.8) is 0 Å². The van der Waals surface area contributed by atoms with Crippen LogP contribution >= 0.6 is 0 Å². The maximum absolute atomic E-state index is 12.3. The molecule has 1 saturated carbocycles. The summed E-state index contributed by atoms with van der Waals surface area (Å²) in [6.07, 6.45) is 7.52. The summed E-state index contributed by atoms with van der Waals surface area (Å²) in [4.78, 5) is 20.0. The molecule has 2 aromatic heterocycles. The summed E-state index contributed by atoms with van der Waals surface area (Å²) in [5.74, 6) is 1.64. The number of rotatable bonds is 5. The van der Waals surface area contributed by atoms with Gasteiger partial charge in [0.15, 0.2) is 0 Å². The zero-order chi connectivity index (χ0) is 16.4. The number of carbonyl (C=O) groups excluding carboxylic acids is 1. The van der Waals surface area contributed by atoms with Crippen LogP contribution in [0.25, 0.3) is 11.0 Å². The molecule has 2 heterocycles. The summed E-state index contributed by atoms with van der Waals surface area (Å²) in [6, 6.07) is 10.2. The van der Waals surface area contributed by atoms with Gasteiger partial charge in [-0.15, -0.1) is 0 Å². The number of aromatic nitrogens is 4. The van der Waals surface area contributed by atoms with Crippen molar-refractivity contribution in [1.29, 1.82) is 0 Å². The van der Waals surface area contributed by atoms with Crippen LogP contribution in [0.5, 0.6) is 0 Å². The first kappa shape index (κ1) is 14.9. The predicted octanol–water partition coefficient (Wildman–Crippen LogP) is 3.45. The summed E-state index contributed by atoms with van der Waals surface area (Å²) in [5.41, 5.74) is 1.94. The predicted molar refractivity (Wildman–Crippen MR) is 92.8 cm³/mol. The van der Waals surface area contributed by atoms with E-state index in [-0.39, 0.29) is 5.91 Å². The number of nitrogens with one attached hydrogen (secondary N) is 2. The summed E-state index contributed by atoms with van der Waals surface area (Å²) < 4.78 is 1.96. The van der Waals surface area contributed by atoms with Gasteiger partial charge in [0, 0.05) is 18.9 Å². The molecular weight excluding hydrogens is 302 g/mol. The molecule has 1 fully saturated rings. The van der Waals surface area contributed by atoms with Crippen LogP contribution in [0, 0.1) is 0 Å². The average Bonchev–Trinajstić information content (AvgIpc) is 3.32. The molecule has 1 aromatic carbocycles. The Labute approximate surface area is 140 Å². The highest BCUT2D eigenvalue weighted by Gasteiger charge is 2.20. The number of anilines is 1. The third-order valence-electron chi connectivity index (χ3n) is 4.64. The molecule has 0 bridgehead atoms. The van der Waals surface area contributed by atoms with Crippen molar-refractivity contribution in [3.8, 4) is 0 Å². The van der Waals surface area contributed by atoms with Gasteiger partial charge in [0.05, 0.1) is 23.3 Å². The van der Waals surface area contributed by atoms with E-state index in [1.54, 1.807) is 6.20 Å². The van der Waals surface area contributed by atoms with Gasteiger partial charge in [-0.1, -0.05) is 25.0 Å². The Bertz CT molecular complexity index is 811. The highest BCUT2D eigenvalue weighted by atomic mass is 16.1. The molecule has 3 aromatic rings. The van der Waals surface area contributed by atoms with Gasteiger partial charge in [-0.25, -0.2) is 9.67 Å². The van der Waals surface area contributed by atoms with Gasteiger partial charge >= 0.3 is 0 Å². The number of nitrogens with zero attached hydrogens (tertiary/aromatic N) is 3. The molecule has 1 aliphatic carbocycles. The molecule has 6 heteroatoms. The first-order valence-corrected chi connectivity index (χ1v) is 8.56. The van der Waals surface area contributed by atoms with E-state index in [9.17, 15) is 4.79 Å². The van der Waals surface area contributed by atoms with Crippen LogP contribution < -0.4 is 5.32 Å². The number of carbonyl (C=O) groups is 1. The van der Waals surface area contributed by atoms with Gasteiger partial charge in [-0.05, 0) is 25.0 Å². The highest BCUT2D eigenvalue weighted by Crippen LogP contribution is 2.31. The minimum absolute atomic E-state index is 0.00444. The van der Waals surface area contributed by atoms with E-state index in [0.29, 0.717) is 18.9 Å². The van der Waals surface area contributed by atoms with Gasteiger partial charge < -0.3 is 10.3 Å². The van der Waals surface area contributed by atoms with Crippen LogP contribution in [0.15, 0.2) is 36.5 Å². The molecule has 0 unspecified atom stereocenters. The number of imidazole rings is 1. The maximum Gasteiger partial charge on any atom is 0.225 e. The second kappa shape index (κ2) is 6.47. The Morgan fingerprint density at radius 3 is 2.92 bits per heavy atom. The third-order valence-corrected chi connectivity index (χ3v) is 4.64. The maximum atomic E-state index is 12.3. The van der Waals surface area contributed by atoms with Crippen LogP contribution in [-0.2, 0) is 11.2 Å². The van der Waals surface area contributed by atoms with Crippen LogP contribution in [0.4, 0.5) is 5.82 Å². The zero-order valence-corrected chi connectivity index (χ0v) is 13.5. The standard InChI is InChI=1S/C18H21N5O/c24-18(10-9-16-20-14-7-3-4-8-15(14)21-16)22-17-11-12-19-23(17)13-5-1-2-6-13/h3-4,7-8,11-13H,1-2,5-6,9-10H2,(H,20,21)(H,22,24). The highest BCUT2D eigenvalue weighted by molar-refractivity contribution is 5.90. The van der Waals surface area contributed by atoms with Crippen molar-refractivity contribution in [1.82, 2.24) is 19.7 Å². The van der Waals surface area contributed by atoms with Gasteiger partial charge in [-0.3, -0.25) is 4.79 Å². The van der Waals surface area contributed by atoms with Crippen molar-refractivity contribution in [3.05, 3.63) is 42.4 Å². The average molecular weight is 323 g/mol. The van der Waals surface area contributed by atoms with E-state index in [0.717, 1.165) is 35.5 Å². The number of hydrogen-bond acceptors (Lipinski definition) is 3. The van der Waals surface area contributed by atoms with E-state index < -0.39 is 0 Å². The Kier molecular flexibility index (Phi) is 4.02. The smallest absolute Gasteiger partial charge is 0.225 e. The Morgan fingerprint density at radius 1 is 1.25 bits per heavy atom. The van der Waals surface area contributed by atoms with Crippen LogP contribution in [0.1, 0.15) is 44.0 Å². The molecule has 6 nitrogen and oxygen atoms in total. The Hall–Kier alpha value is -2.63. The number of amides is 1. The lowest BCUT2D eigenvalue weighted by Gasteiger charge is -2.14. The lowest BCUT2D eigenvalue weighted by Crippen LogP contribution is -2.18. The summed E-state index contributed by atoms with van der Waals surface area (Å²) >= 11 is 0. The second-order valence-corrected chi connectivity index (χ2v) is 6.35. The molecule has 124 valence electrons. The fraction of sp³-hybridized carbons (Fsp3) is 0.389. The van der Waals surface area contributed by atoms with Crippen LogP contribution in [0.3, 0.4) is 0 Å². The summed E-state index contributed by atoms with van der Waals surface area (Å²) in [7, 11) is 0. The first-order valence-electron chi connectivity index (χ1n) is 8.56. The first-order chi connectivity index (χ1) is 11.8. The SMILES string of the molecule is O=C(CCc1nc2ccccc2[nH]1)Nc1ccnn1C1CCCC1. The molecule has 0 spiro atoms. The van der Waals surface area contributed by atoms with Crippen molar-refractivity contribution in [2.45, 2.75) is 44.6 Å². The van der Waals surface area contributed by atoms with Gasteiger partial charge in [0.1, 0.15) is 11.6 Å². The number of fused-ring (bicyclic) bond motifs is 1. The number of benzene rings is 1. The topological polar surface area (TPSA) is 75.6 Å². The molecule has 1 aliphatic rings. The quantitative estimate of drug-likeness (QED) is 0.755. The Balaban J connectivity index is 1.37. The number of hydrogen-bond donors (Lipinski definition) is 2. The molecular formula is C18H21N5O. The molecule has 0 radical (unpaired) electrons. The summed E-state index contributed by atoms with van der Waals surface area (Å²) in [6.45, 7) is 0. The molecule has 0 atom stereocenters. The molecule has 0 aliphatic heterocycles. The van der Waals surface area contributed by atoms with E-state index in [4.69, 9.17) is 0 Å². The van der Waals surface area contributed by atoms with Crippen LogP contribution in [0.2, 0.25) is 0 Å². The van der Waals surface area contributed by atoms with E-state index >= 15 is 0 Å².